The van der Waals surface area contributed by atoms with Gasteiger partial charge in [-0.3, -0.25) is 14.9 Å². The number of urea groups is 1. The molecular weight excluding hydrogens is 533 g/mol. The summed E-state index contributed by atoms with van der Waals surface area (Å²) in [6.07, 6.45) is -4.62. The molecule has 11 nitrogen and oxygen atoms in total. The predicted octanol–water partition coefficient (Wildman–Crippen LogP) is 3.96. The summed E-state index contributed by atoms with van der Waals surface area (Å²) < 4.78 is 64.9. The highest BCUT2D eigenvalue weighted by Gasteiger charge is 2.42. The lowest BCUT2D eigenvalue weighted by molar-refractivity contribution is -0.385. The molecule has 0 fully saturated rings. The monoisotopic (exact) mass is 556 g/mol. The number of benzene rings is 2. The van der Waals surface area contributed by atoms with E-state index in [0.717, 1.165) is 21.3 Å². The number of aliphatic imine (C=N–C) groups is 1. The van der Waals surface area contributed by atoms with E-state index in [2.05, 4.69) is 4.99 Å². The van der Waals surface area contributed by atoms with Gasteiger partial charge in [-0.15, -0.1) is 0 Å². The van der Waals surface area contributed by atoms with E-state index in [0.29, 0.717) is 12.1 Å². The van der Waals surface area contributed by atoms with Crippen LogP contribution in [0, 0.1) is 16.0 Å². The zero-order valence-electron chi connectivity index (χ0n) is 20.1. The number of halogens is 3. The summed E-state index contributed by atoms with van der Waals surface area (Å²) in [5, 5.41) is 21.1. The van der Waals surface area contributed by atoms with Crippen LogP contribution in [0.15, 0.2) is 58.4 Å². The number of nitrogens with zero attached hydrogens (tertiary/aromatic N) is 4. The molecule has 204 valence electrons. The van der Waals surface area contributed by atoms with Crippen molar-refractivity contribution in [1.29, 1.82) is 0 Å². The molecule has 2 aromatic rings. The van der Waals surface area contributed by atoms with Gasteiger partial charge >= 0.3 is 18.2 Å². The summed E-state index contributed by atoms with van der Waals surface area (Å²) >= 11 is 0. The Morgan fingerprint density at radius 2 is 1.84 bits per heavy atom. The van der Waals surface area contributed by atoms with E-state index >= 15 is 0 Å². The molecule has 1 aliphatic rings. The summed E-state index contributed by atoms with van der Waals surface area (Å²) in [5.41, 5.74) is -1.10. The van der Waals surface area contributed by atoms with E-state index in [1.54, 1.807) is 0 Å². The first-order chi connectivity index (χ1) is 17.6. The maximum Gasteiger partial charge on any atom is 0.416 e. The van der Waals surface area contributed by atoms with E-state index in [1.807, 2.05) is 0 Å². The SMILES string of the molecule is CC1=NC(=O)N(CCCN(C)S(=O)(=O)c2ccc(C(F)(F)F)cc2)C(c2cccc([N+](=O)[O-])c2)C1C(=O)O. The number of carboxylic acids is 1. The molecule has 2 unspecified atom stereocenters. The van der Waals surface area contributed by atoms with E-state index in [1.165, 1.54) is 38.2 Å². The third-order valence-corrected chi connectivity index (χ3v) is 7.94. The minimum Gasteiger partial charge on any atom is -0.481 e. The molecule has 15 heteroatoms. The molecule has 38 heavy (non-hydrogen) atoms. The van der Waals surface area contributed by atoms with Gasteiger partial charge < -0.3 is 10.0 Å². The Bertz CT molecular complexity index is 1380. The summed E-state index contributed by atoms with van der Waals surface area (Å²) in [4.78, 5) is 40.0. The first-order valence-corrected chi connectivity index (χ1v) is 12.5. The van der Waals surface area contributed by atoms with Crippen molar-refractivity contribution >= 4 is 33.4 Å². The third-order valence-electron chi connectivity index (χ3n) is 6.07. The molecule has 0 bridgehead atoms. The lowest BCUT2D eigenvalue weighted by Crippen LogP contribution is -2.47. The van der Waals surface area contributed by atoms with Crippen LogP contribution in [0.4, 0.5) is 23.7 Å². The van der Waals surface area contributed by atoms with Crippen LogP contribution in [0.2, 0.25) is 0 Å². The van der Waals surface area contributed by atoms with Crippen molar-refractivity contribution in [1.82, 2.24) is 9.21 Å². The largest absolute Gasteiger partial charge is 0.481 e. The fraction of sp³-hybridized carbons (Fsp3) is 0.348. The van der Waals surface area contributed by atoms with Crippen molar-refractivity contribution in [3.8, 4) is 0 Å². The number of rotatable bonds is 9. The average Bonchev–Trinajstić information content (AvgIpc) is 2.84. The van der Waals surface area contributed by atoms with Crippen LogP contribution in [0.1, 0.15) is 30.5 Å². The van der Waals surface area contributed by atoms with Gasteiger partial charge in [0.2, 0.25) is 10.0 Å². The standard InChI is InChI=1S/C23H23F3N4O7S/c1-14-19(21(31)32)20(15-5-3-6-17(13-15)30(34)35)29(22(33)27-14)12-4-11-28(2)38(36,37)18-9-7-16(8-10-18)23(24,25)26/h3,5-10,13,19-20H,4,11-12H2,1-2H3,(H,31,32). The van der Waals surface area contributed by atoms with Gasteiger partial charge in [-0.1, -0.05) is 12.1 Å². The number of alkyl halides is 3. The zero-order valence-corrected chi connectivity index (χ0v) is 20.9. The fourth-order valence-electron chi connectivity index (χ4n) is 4.13. The maximum absolute atomic E-state index is 12.8. The highest BCUT2D eigenvalue weighted by molar-refractivity contribution is 7.89. The molecular formula is C23H23F3N4O7S. The highest BCUT2D eigenvalue weighted by Crippen LogP contribution is 2.36. The van der Waals surface area contributed by atoms with Crippen molar-refractivity contribution < 1.29 is 41.2 Å². The molecule has 0 spiro atoms. The Morgan fingerprint density at radius 3 is 2.39 bits per heavy atom. The number of hydrogen-bond donors (Lipinski definition) is 1. The van der Waals surface area contributed by atoms with Crippen LogP contribution >= 0.6 is 0 Å². The summed E-state index contributed by atoms with van der Waals surface area (Å²) in [6.45, 7) is 1.04. The van der Waals surface area contributed by atoms with E-state index in [-0.39, 0.29) is 41.4 Å². The number of hydrogen-bond acceptors (Lipinski definition) is 6. The van der Waals surface area contributed by atoms with Gasteiger partial charge in [0.15, 0.2) is 0 Å². The van der Waals surface area contributed by atoms with Gasteiger partial charge in [0.1, 0.15) is 5.92 Å². The Morgan fingerprint density at radius 1 is 1.21 bits per heavy atom. The molecule has 2 amide bonds. The minimum atomic E-state index is -4.63. The second kappa shape index (κ2) is 10.9. The number of nitro benzene ring substituents is 1. The molecule has 0 aromatic heterocycles. The predicted molar refractivity (Wildman–Crippen MR) is 128 cm³/mol. The fourth-order valence-corrected chi connectivity index (χ4v) is 5.34. The molecule has 0 aliphatic carbocycles. The average molecular weight is 557 g/mol. The lowest BCUT2D eigenvalue weighted by atomic mass is 9.86. The quantitative estimate of drug-likeness (QED) is 0.363. The minimum absolute atomic E-state index is 0.00837. The number of nitro groups is 1. The number of aliphatic carboxylic acids is 1. The van der Waals surface area contributed by atoms with Crippen LogP contribution in [0.5, 0.6) is 0 Å². The zero-order chi connectivity index (χ0) is 28.4. The smallest absolute Gasteiger partial charge is 0.416 e. The first-order valence-electron chi connectivity index (χ1n) is 11.1. The number of carbonyl (C=O) groups is 2. The van der Waals surface area contributed by atoms with Crippen LogP contribution in [-0.2, 0) is 21.0 Å². The normalized spacial score (nSPS) is 18.4. The topological polar surface area (TPSA) is 150 Å². The molecule has 0 radical (unpaired) electrons. The highest BCUT2D eigenvalue weighted by atomic mass is 32.2. The second-order valence-electron chi connectivity index (χ2n) is 8.54. The van der Waals surface area contributed by atoms with Gasteiger partial charge in [-0.25, -0.2) is 22.5 Å². The van der Waals surface area contributed by atoms with Gasteiger partial charge in [0.25, 0.3) is 5.69 Å². The molecule has 2 atom stereocenters. The van der Waals surface area contributed by atoms with Gasteiger partial charge in [0, 0.05) is 38.0 Å². The molecule has 0 saturated carbocycles. The second-order valence-corrected chi connectivity index (χ2v) is 10.6. The summed E-state index contributed by atoms with van der Waals surface area (Å²) in [7, 11) is -2.95. The van der Waals surface area contributed by atoms with Gasteiger partial charge in [-0.2, -0.15) is 13.2 Å². The molecule has 1 N–H and O–H groups in total. The molecule has 1 heterocycles. The van der Waals surface area contributed by atoms with Crippen LogP contribution in [0.25, 0.3) is 0 Å². The number of non-ortho nitro benzene ring substituents is 1. The van der Waals surface area contributed by atoms with E-state index in [9.17, 15) is 46.4 Å². The molecule has 0 saturated heterocycles. The lowest BCUT2D eigenvalue weighted by Gasteiger charge is -2.38. The van der Waals surface area contributed by atoms with Crippen molar-refractivity contribution in [2.45, 2.75) is 30.5 Å². The molecule has 2 aromatic carbocycles. The van der Waals surface area contributed by atoms with Crippen LogP contribution < -0.4 is 0 Å². The maximum atomic E-state index is 12.8. The first kappa shape index (κ1) is 28.7. The van der Waals surface area contributed by atoms with Gasteiger partial charge in [-0.05, 0) is 43.2 Å². The number of sulfonamides is 1. The van der Waals surface area contributed by atoms with E-state index in [4.69, 9.17) is 0 Å². The number of carbonyl (C=O) groups excluding carboxylic acids is 1. The van der Waals surface area contributed by atoms with Crippen LogP contribution in [0.3, 0.4) is 0 Å². The van der Waals surface area contributed by atoms with Crippen molar-refractivity contribution in [3.05, 3.63) is 69.8 Å². The summed E-state index contributed by atoms with van der Waals surface area (Å²) in [6, 6.07) is 6.27. The van der Waals surface area contributed by atoms with Crippen molar-refractivity contribution in [2.24, 2.45) is 10.9 Å². The third kappa shape index (κ3) is 5.99. The molecule has 3 rings (SSSR count). The molecule has 1 aliphatic heterocycles. The Labute approximate surface area is 215 Å². The van der Waals surface area contributed by atoms with E-state index < -0.39 is 50.6 Å². The van der Waals surface area contributed by atoms with Crippen LogP contribution in [-0.4, -0.2) is 65.5 Å². The number of carboxylic acid groups (broad SMARTS) is 1. The van der Waals surface area contributed by atoms with Gasteiger partial charge in [0.05, 0.1) is 21.4 Å². The summed E-state index contributed by atoms with van der Waals surface area (Å²) in [5.74, 6) is -2.61. The Kier molecular flexibility index (Phi) is 8.21. The Hall–Kier alpha value is -3.85. The van der Waals surface area contributed by atoms with Crippen molar-refractivity contribution in [2.75, 3.05) is 20.1 Å². The number of amides is 2. The van der Waals surface area contributed by atoms with Crippen molar-refractivity contribution in [3.63, 3.8) is 0 Å². The Balaban J connectivity index is 1.82.